The molecular weight excluding hydrogens is 449 g/mol. The van der Waals surface area contributed by atoms with Crippen LogP contribution in [0.4, 0.5) is 10.1 Å². The Morgan fingerprint density at radius 2 is 1.91 bits per heavy atom. The lowest BCUT2D eigenvalue weighted by Crippen LogP contribution is -2.34. The number of halogens is 1. The van der Waals surface area contributed by atoms with Gasteiger partial charge < -0.3 is 10.0 Å². The molecule has 1 N–H and O–H groups in total. The predicted octanol–water partition coefficient (Wildman–Crippen LogP) is 6.27. The van der Waals surface area contributed by atoms with Crippen LogP contribution >= 0.6 is 11.3 Å². The van der Waals surface area contributed by atoms with Crippen molar-refractivity contribution in [3.05, 3.63) is 77.7 Å². The van der Waals surface area contributed by atoms with E-state index in [0.717, 1.165) is 28.9 Å². The van der Waals surface area contributed by atoms with Crippen molar-refractivity contribution in [2.75, 3.05) is 11.4 Å². The number of fused-ring (bicyclic) bond motifs is 1. The molecule has 0 radical (unpaired) electrons. The molecule has 0 bridgehead atoms. The normalized spacial score (nSPS) is 15.3. The standard InChI is InChI=1S/C27H26FN3O2S/c1-3-31(17(2)15-24(32)33)19-9-10-20(21(28)16-19)25-29-22-11-12-23(30-26(22)34-25)27(13-14-27)18-7-5-4-6-8-18/h4-12,16-17H,3,13-15H2,1-2H3,(H,32,33)/t17-/m1/s1. The number of thiazole rings is 1. The highest BCUT2D eigenvalue weighted by Gasteiger charge is 2.47. The van der Waals surface area contributed by atoms with Crippen LogP contribution in [0.1, 0.15) is 44.4 Å². The molecule has 5 rings (SSSR count). The summed E-state index contributed by atoms with van der Waals surface area (Å²) in [6.45, 7) is 4.36. The van der Waals surface area contributed by atoms with Crippen molar-refractivity contribution in [3.8, 4) is 10.6 Å². The quantitative estimate of drug-likeness (QED) is 0.325. The van der Waals surface area contributed by atoms with E-state index in [-0.39, 0.29) is 23.7 Å². The van der Waals surface area contributed by atoms with Gasteiger partial charge in [0.15, 0.2) is 0 Å². The van der Waals surface area contributed by atoms with Gasteiger partial charge in [0, 0.05) is 29.3 Å². The van der Waals surface area contributed by atoms with Gasteiger partial charge in [0.05, 0.1) is 12.1 Å². The number of carboxylic acids is 1. The lowest BCUT2D eigenvalue weighted by Gasteiger charge is -2.29. The van der Waals surface area contributed by atoms with Crippen LogP contribution in [-0.2, 0) is 10.2 Å². The lowest BCUT2D eigenvalue weighted by molar-refractivity contribution is -0.137. The molecule has 1 atom stereocenters. The van der Waals surface area contributed by atoms with E-state index in [2.05, 4.69) is 29.2 Å². The van der Waals surface area contributed by atoms with Gasteiger partial charge in [0.1, 0.15) is 21.2 Å². The Bertz CT molecular complexity index is 1350. The first-order valence-electron chi connectivity index (χ1n) is 11.5. The minimum absolute atomic E-state index is 0.00639. The minimum atomic E-state index is -0.871. The summed E-state index contributed by atoms with van der Waals surface area (Å²) >= 11 is 1.40. The van der Waals surface area contributed by atoms with Gasteiger partial charge in [-0.3, -0.25) is 4.79 Å². The molecule has 0 unspecified atom stereocenters. The molecule has 5 nitrogen and oxygen atoms in total. The zero-order valence-corrected chi connectivity index (χ0v) is 20.0. The first-order valence-corrected chi connectivity index (χ1v) is 12.3. The molecule has 1 aliphatic carbocycles. The van der Waals surface area contributed by atoms with Crippen molar-refractivity contribution in [2.24, 2.45) is 0 Å². The second-order valence-corrected chi connectivity index (χ2v) is 9.86. The first kappa shape index (κ1) is 22.5. The summed E-state index contributed by atoms with van der Waals surface area (Å²) in [7, 11) is 0. The molecule has 0 aliphatic heterocycles. The number of carboxylic acid groups (broad SMARTS) is 1. The highest BCUT2D eigenvalue weighted by atomic mass is 32.1. The third-order valence-electron chi connectivity index (χ3n) is 6.68. The van der Waals surface area contributed by atoms with Crippen LogP contribution in [0.2, 0.25) is 0 Å². The summed E-state index contributed by atoms with van der Waals surface area (Å²) in [5.74, 6) is -1.25. The highest BCUT2D eigenvalue weighted by molar-refractivity contribution is 7.21. The van der Waals surface area contributed by atoms with Gasteiger partial charge in [-0.05, 0) is 62.6 Å². The Morgan fingerprint density at radius 3 is 2.56 bits per heavy atom. The largest absolute Gasteiger partial charge is 0.481 e. The average molecular weight is 476 g/mol. The first-order chi connectivity index (χ1) is 16.4. The molecule has 0 spiro atoms. The second kappa shape index (κ2) is 8.80. The second-order valence-electron chi connectivity index (χ2n) is 8.88. The summed E-state index contributed by atoms with van der Waals surface area (Å²) in [4.78, 5) is 23.4. The zero-order chi connectivity index (χ0) is 23.9. The summed E-state index contributed by atoms with van der Waals surface area (Å²) in [6, 6.07) is 19.3. The maximum atomic E-state index is 15.2. The molecule has 2 aromatic carbocycles. The van der Waals surface area contributed by atoms with E-state index in [1.807, 2.05) is 43.0 Å². The van der Waals surface area contributed by atoms with Crippen LogP contribution in [0, 0.1) is 5.82 Å². The zero-order valence-electron chi connectivity index (χ0n) is 19.2. The molecule has 0 saturated heterocycles. The number of carbonyl (C=O) groups is 1. The molecule has 1 aliphatic rings. The van der Waals surface area contributed by atoms with Crippen LogP contribution in [0.15, 0.2) is 60.7 Å². The van der Waals surface area contributed by atoms with E-state index in [1.54, 1.807) is 6.07 Å². The molecule has 4 aromatic rings. The van der Waals surface area contributed by atoms with E-state index in [9.17, 15) is 4.79 Å². The number of aliphatic carboxylic acids is 1. The number of nitrogens with zero attached hydrogens (tertiary/aromatic N) is 3. The Labute approximate surface area is 201 Å². The molecule has 0 amide bonds. The summed E-state index contributed by atoms with van der Waals surface area (Å²) < 4.78 is 15.2. The van der Waals surface area contributed by atoms with Gasteiger partial charge in [-0.15, -0.1) is 0 Å². The topological polar surface area (TPSA) is 66.3 Å². The van der Waals surface area contributed by atoms with Crippen LogP contribution in [0.5, 0.6) is 0 Å². The van der Waals surface area contributed by atoms with Crippen LogP contribution in [0.3, 0.4) is 0 Å². The van der Waals surface area contributed by atoms with Crippen molar-refractivity contribution in [2.45, 2.75) is 44.6 Å². The summed E-state index contributed by atoms with van der Waals surface area (Å²) in [5.41, 5.74) is 4.16. The van der Waals surface area contributed by atoms with Crippen LogP contribution in [0.25, 0.3) is 20.9 Å². The number of hydrogen-bond acceptors (Lipinski definition) is 5. The monoisotopic (exact) mass is 475 g/mol. The van der Waals surface area contributed by atoms with Crippen LogP contribution < -0.4 is 4.90 Å². The number of aromatic nitrogens is 2. The van der Waals surface area contributed by atoms with Gasteiger partial charge in [0.2, 0.25) is 0 Å². The number of rotatable bonds is 8. The molecular formula is C27H26FN3O2S. The molecule has 7 heteroatoms. The van der Waals surface area contributed by atoms with Gasteiger partial charge >= 0.3 is 5.97 Å². The summed E-state index contributed by atoms with van der Waals surface area (Å²) in [6.07, 6.45) is 2.14. The van der Waals surface area contributed by atoms with E-state index < -0.39 is 5.97 Å². The van der Waals surface area contributed by atoms with E-state index >= 15 is 4.39 Å². The number of hydrogen-bond donors (Lipinski definition) is 1. The Balaban J connectivity index is 1.45. The van der Waals surface area contributed by atoms with Crippen molar-refractivity contribution in [1.82, 2.24) is 9.97 Å². The van der Waals surface area contributed by atoms with Gasteiger partial charge in [0.25, 0.3) is 0 Å². The van der Waals surface area contributed by atoms with E-state index in [1.165, 1.54) is 23.0 Å². The molecule has 174 valence electrons. The summed E-state index contributed by atoms with van der Waals surface area (Å²) in [5, 5.41) is 9.71. The van der Waals surface area contributed by atoms with Gasteiger partial charge in [-0.1, -0.05) is 41.7 Å². The third-order valence-corrected chi connectivity index (χ3v) is 7.68. The highest BCUT2D eigenvalue weighted by Crippen LogP contribution is 2.53. The number of pyridine rings is 1. The van der Waals surface area contributed by atoms with Crippen molar-refractivity contribution in [3.63, 3.8) is 0 Å². The van der Waals surface area contributed by atoms with Crippen molar-refractivity contribution in [1.29, 1.82) is 0 Å². The fraction of sp³-hybridized carbons (Fsp3) is 0.296. The lowest BCUT2D eigenvalue weighted by atomic mass is 9.92. The smallest absolute Gasteiger partial charge is 0.305 e. The van der Waals surface area contributed by atoms with Crippen LogP contribution in [-0.4, -0.2) is 33.6 Å². The Kier molecular flexibility index (Phi) is 5.81. The van der Waals surface area contributed by atoms with Gasteiger partial charge in [-0.2, -0.15) is 0 Å². The van der Waals surface area contributed by atoms with E-state index in [4.69, 9.17) is 10.1 Å². The maximum absolute atomic E-state index is 15.2. The molecule has 34 heavy (non-hydrogen) atoms. The maximum Gasteiger partial charge on any atom is 0.305 e. The van der Waals surface area contributed by atoms with Crippen molar-refractivity contribution < 1.29 is 14.3 Å². The van der Waals surface area contributed by atoms with Gasteiger partial charge in [-0.25, -0.2) is 14.4 Å². The SMILES string of the molecule is CCN(c1ccc(-c2nc3ccc(C4(c5ccccc5)CC4)nc3s2)c(F)c1)[C@H](C)CC(=O)O. The Hall–Kier alpha value is -3.32. The molecule has 1 fully saturated rings. The predicted molar refractivity (Wildman–Crippen MR) is 134 cm³/mol. The fourth-order valence-corrected chi connectivity index (χ4v) is 5.71. The number of benzene rings is 2. The fourth-order valence-electron chi connectivity index (χ4n) is 4.74. The minimum Gasteiger partial charge on any atom is -0.481 e. The van der Waals surface area contributed by atoms with E-state index in [0.29, 0.717) is 22.8 Å². The average Bonchev–Trinajstić information content (AvgIpc) is 3.52. The third kappa shape index (κ3) is 4.05. The molecule has 2 heterocycles. The Morgan fingerprint density at radius 1 is 1.15 bits per heavy atom. The molecule has 2 aromatic heterocycles. The molecule has 1 saturated carbocycles. The number of anilines is 1. The van der Waals surface area contributed by atoms with Crippen molar-refractivity contribution >= 4 is 33.3 Å².